The zero-order chi connectivity index (χ0) is 11.4. The Morgan fingerprint density at radius 1 is 1.60 bits per heavy atom. The second-order valence-corrected chi connectivity index (χ2v) is 4.29. The molecule has 1 amide bonds. The minimum Gasteiger partial charge on any atom is -0.392 e. The first kappa shape index (κ1) is 12.4. The molecule has 1 saturated heterocycles. The van der Waals surface area contributed by atoms with E-state index < -0.39 is 6.10 Å². The number of carbonyl (C=O) groups excluding carboxylic acids is 1. The molecule has 5 heteroatoms. The van der Waals surface area contributed by atoms with E-state index in [2.05, 4.69) is 0 Å². The third-order valence-corrected chi connectivity index (χ3v) is 3.09. The van der Waals surface area contributed by atoms with Gasteiger partial charge < -0.3 is 15.4 Å². The standard InChI is InChI=1S/C10H18N2O2S/c1-7(14-2)10(13)12-6-4-3-5-8(12)9(11)15/h7-8H,3-6H2,1-2H3,(H2,11,15). The summed E-state index contributed by atoms with van der Waals surface area (Å²) in [6, 6.07) is -0.0844. The van der Waals surface area contributed by atoms with E-state index in [1.807, 2.05) is 0 Å². The summed E-state index contributed by atoms with van der Waals surface area (Å²) in [4.78, 5) is 14.1. The van der Waals surface area contributed by atoms with Gasteiger partial charge in [0.05, 0.1) is 11.0 Å². The summed E-state index contributed by atoms with van der Waals surface area (Å²) < 4.78 is 5.02. The second kappa shape index (κ2) is 5.42. The van der Waals surface area contributed by atoms with E-state index in [4.69, 9.17) is 22.7 Å². The lowest BCUT2D eigenvalue weighted by Gasteiger charge is -2.36. The minimum atomic E-state index is -0.417. The Morgan fingerprint density at radius 3 is 2.80 bits per heavy atom. The molecule has 2 unspecified atom stereocenters. The predicted molar refractivity (Wildman–Crippen MR) is 62.6 cm³/mol. The Bertz CT molecular complexity index is 258. The monoisotopic (exact) mass is 230 g/mol. The molecule has 0 aromatic heterocycles. The summed E-state index contributed by atoms with van der Waals surface area (Å²) in [5.41, 5.74) is 5.63. The molecule has 15 heavy (non-hydrogen) atoms. The molecule has 1 heterocycles. The number of carbonyl (C=O) groups is 1. The fourth-order valence-electron chi connectivity index (χ4n) is 1.83. The van der Waals surface area contributed by atoms with Gasteiger partial charge in [-0.2, -0.15) is 0 Å². The van der Waals surface area contributed by atoms with E-state index in [0.717, 1.165) is 25.8 Å². The van der Waals surface area contributed by atoms with Crippen molar-refractivity contribution in [3.63, 3.8) is 0 Å². The molecule has 2 atom stereocenters. The highest BCUT2D eigenvalue weighted by atomic mass is 32.1. The number of ether oxygens (including phenoxy) is 1. The molecule has 1 aliphatic rings. The molecule has 86 valence electrons. The van der Waals surface area contributed by atoms with E-state index in [9.17, 15) is 4.79 Å². The van der Waals surface area contributed by atoms with Crippen molar-refractivity contribution in [3.8, 4) is 0 Å². The topological polar surface area (TPSA) is 55.6 Å². The Kier molecular flexibility index (Phi) is 4.47. The Morgan fingerprint density at radius 2 is 2.27 bits per heavy atom. The average Bonchev–Trinajstić information content (AvgIpc) is 2.27. The number of likely N-dealkylation sites (tertiary alicyclic amines) is 1. The summed E-state index contributed by atoms with van der Waals surface area (Å²) in [5, 5.41) is 0. The third kappa shape index (κ3) is 2.89. The average molecular weight is 230 g/mol. The van der Waals surface area contributed by atoms with E-state index in [-0.39, 0.29) is 11.9 Å². The van der Waals surface area contributed by atoms with E-state index >= 15 is 0 Å². The first-order chi connectivity index (χ1) is 7.07. The van der Waals surface area contributed by atoms with Crippen LogP contribution in [0.15, 0.2) is 0 Å². The van der Waals surface area contributed by atoms with Crippen molar-refractivity contribution in [2.45, 2.75) is 38.3 Å². The van der Waals surface area contributed by atoms with Gasteiger partial charge in [0.2, 0.25) is 0 Å². The third-order valence-electron chi connectivity index (χ3n) is 2.82. The fraction of sp³-hybridized carbons (Fsp3) is 0.800. The lowest BCUT2D eigenvalue weighted by Crippen LogP contribution is -2.52. The van der Waals surface area contributed by atoms with Crippen molar-refractivity contribution in [1.29, 1.82) is 0 Å². The molecule has 2 N–H and O–H groups in total. The normalized spacial score (nSPS) is 23.6. The highest BCUT2D eigenvalue weighted by molar-refractivity contribution is 7.80. The van der Waals surface area contributed by atoms with Crippen LogP contribution in [0.25, 0.3) is 0 Å². The number of nitrogens with two attached hydrogens (primary N) is 1. The van der Waals surface area contributed by atoms with Crippen molar-refractivity contribution in [1.82, 2.24) is 4.90 Å². The van der Waals surface area contributed by atoms with Crippen molar-refractivity contribution < 1.29 is 9.53 Å². The number of piperidine rings is 1. The van der Waals surface area contributed by atoms with Gasteiger partial charge in [-0.15, -0.1) is 0 Å². The molecule has 0 radical (unpaired) electrons. The molecule has 4 nitrogen and oxygen atoms in total. The molecule has 0 bridgehead atoms. The van der Waals surface area contributed by atoms with Crippen LogP contribution in [0.2, 0.25) is 0 Å². The summed E-state index contributed by atoms with van der Waals surface area (Å²) in [6.07, 6.45) is 2.55. The number of hydrogen-bond donors (Lipinski definition) is 1. The van der Waals surface area contributed by atoms with Gasteiger partial charge in [-0.3, -0.25) is 4.79 Å². The van der Waals surface area contributed by atoms with Gasteiger partial charge in [-0.1, -0.05) is 12.2 Å². The van der Waals surface area contributed by atoms with Crippen molar-refractivity contribution in [3.05, 3.63) is 0 Å². The summed E-state index contributed by atoms with van der Waals surface area (Å²) in [6.45, 7) is 2.47. The quantitative estimate of drug-likeness (QED) is 0.725. The van der Waals surface area contributed by atoms with Gasteiger partial charge in [0, 0.05) is 13.7 Å². The number of thiocarbonyl (C=S) groups is 1. The zero-order valence-corrected chi connectivity index (χ0v) is 10.0. The maximum absolute atomic E-state index is 11.9. The molecule has 1 fully saturated rings. The van der Waals surface area contributed by atoms with Crippen LogP contribution >= 0.6 is 12.2 Å². The van der Waals surface area contributed by atoms with Crippen LogP contribution in [0.1, 0.15) is 26.2 Å². The predicted octanol–water partition coefficient (Wildman–Crippen LogP) is 0.689. The fourth-order valence-corrected chi connectivity index (χ4v) is 2.07. The molecule has 0 saturated carbocycles. The van der Waals surface area contributed by atoms with Crippen LogP contribution in [0.4, 0.5) is 0 Å². The number of nitrogens with zero attached hydrogens (tertiary/aromatic N) is 1. The molecular weight excluding hydrogens is 212 g/mol. The van der Waals surface area contributed by atoms with E-state index in [1.54, 1.807) is 11.8 Å². The van der Waals surface area contributed by atoms with Gasteiger partial charge in [0.25, 0.3) is 5.91 Å². The number of amides is 1. The van der Waals surface area contributed by atoms with Crippen LogP contribution in [0.3, 0.4) is 0 Å². The van der Waals surface area contributed by atoms with Crippen LogP contribution < -0.4 is 5.73 Å². The van der Waals surface area contributed by atoms with Gasteiger partial charge in [0.1, 0.15) is 6.10 Å². The van der Waals surface area contributed by atoms with E-state index in [0.29, 0.717) is 4.99 Å². The number of rotatable bonds is 3. The summed E-state index contributed by atoms with van der Waals surface area (Å²) in [7, 11) is 1.53. The largest absolute Gasteiger partial charge is 0.392 e. The highest BCUT2D eigenvalue weighted by Gasteiger charge is 2.30. The molecule has 0 spiro atoms. The lowest BCUT2D eigenvalue weighted by atomic mass is 10.0. The van der Waals surface area contributed by atoms with Crippen molar-refractivity contribution in [2.75, 3.05) is 13.7 Å². The Balaban J connectivity index is 2.71. The van der Waals surface area contributed by atoms with Crippen LogP contribution in [-0.4, -0.2) is 41.6 Å². The SMILES string of the molecule is COC(C)C(=O)N1CCCCC1C(N)=S. The smallest absolute Gasteiger partial charge is 0.251 e. The Hall–Kier alpha value is -0.680. The van der Waals surface area contributed by atoms with Crippen LogP contribution in [0, 0.1) is 0 Å². The molecule has 1 rings (SSSR count). The number of hydrogen-bond acceptors (Lipinski definition) is 3. The summed E-state index contributed by atoms with van der Waals surface area (Å²) >= 11 is 4.98. The minimum absolute atomic E-state index is 0.0185. The lowest BCUT2D eigenvalue weighted by molar-refractivity contribution is -0.143. The molecule has 0 aliphatic carbocycles. The second-order valence-electron chi connectivity index (χ2n) is 3.82. The molecule has 1 aliphatic heterocycles. The first-order valence-corrected chi connectivity index (χ1v) is 5.61. The highest BCUT2D eigenvalue weighted by Crippen LogP contribution is 2.18. The first-order valence-electron chi connectivity index (χ1n) is 5.20. The van der Waals surface area contributed by atoms with E-state index in [1.165, 1.54) is 7.11 Å². The van der Waals surface area contributed by atoms with Gasteiger partial charge >= 0.3 is 0 Å². The van der Waals surface area contributed by atoms with Crippen LogP contribution in [-0.2, 0) is 9.53 Å². The maximum Gasteiger partial charge on any atom is 0.251 e. The maximum atomic E-state index is 11.9. The van der Waals surface area contributed by atoms with Gasteiger partial charge in [-0.25, -0.2) is 0 Å². The molecule has 0 aromatic carbocycles. The van der Waals surface area contributed by atoms with Gasteiger partial charge in [0.15, 0.2) is 0 Å². The zero-order valence-electron chi connectivity index (χ0n) is 9.23. The molecule has 0 aromatic rings. The Labute approximate surface area is 95.8 Å². The van der Waals surface area contributed by atoms with Gasteiger partial charge in [-0.05, 0) is 26.2 Å². The van der Waals surface area contributed by atoms with Crippen LogP contribution in [0.5, 0.6) is 0 Å². The summed E-state index contributed by atoms with van der Waals surface area (Å²) in [5.74, 6) is -0.0185. The molecular formula is C10H18N2O2S. The van der Waals surface area contributed by atoms with Crippen molar-refractivity contribution in [2.24, 2.45) is 5.73 Å². The van der Waals surface area contributed by atoms with Crippen molar-refractivity contribution >= 4 is 23.1 Å². The number of methoxy groups -OCH3 is 1.